The number of nitrogens with one attached hydrogen (secondary N) is 1. The van der Waals surface area contributed by atoms with Gasteiger partial charge in [0.05, 0.1) is 12.1 Å². The predicted octanol–water partition coefficient (Wildman–Crippen LogP) is 1.78. The monoisotopic (exact) mass is 330 g/mol. The zero-order valence-electron chi connectivity index (χ0n) is 13.3. The largest absolute Gasteiger partial charge is 0.348 e. The Morgan fingerprint density at radius 1 is 1.36 bits per heavy atom. The summed E-state index contributed by atoms with van der Waals surface area (Å²) in [4.78, 5) is 11.7. The SMILES string of the molecule is CCC(C)C(N)C(=O)NC(C)c1ccc(S(C)(=O)=O)c(F)c1. The molecule has 0 fully saturated rings. The summed E-state index contributed by atoms with van der Waals surface area (Å²) in [6, 6.07) is 2.71. The van der Waals surface area contributed by atoms with Crippen molar-refractivity contribution in [1.29, 1.82) is 0 Å². The van der Waals surface area contributed by atoms with Crippen molar-refractivity contribution in [2.75, 3.05) is 6.26 Å². The molecule has 5 nitrogen and oxygen atoms in total. The number of rotatable bonds is 6. The first kappa shape index (κ1) is 18.6. The number of amides is 1. The van der Waals surface area contributed by atoms with Crippen LogP contribution in [0, 0.1) is 11.7 Å². The predicted molar refractivity (Wildman–Crippen MR) is 83.5 cm³/mol. The molecule has 3 unspecified atom stereocenters. The summed E-state index contributed by atoms with van der Waals surface area (Å²) in [7, 11) is -3.61. The number of halogens is 1. The highest BCUT2D eigenvalue weighted by molar-refractivity contribution is 7.90. The normalized spacial score (nSPS) is 15.9. The van der Waals surface area contributed by atoms with Crippen LogP contribution in [0.3, 0.4) is 0 Å². The number of hydrogen-bond acceptors (Lipinski definition) is 4. The summed E-state index contributed by atoms with van der Waals surface area (Å²) in [5, 5.41) is 2.72. The van der Waals surface area contributed by atoms with Gasteiger partial charge < -0.3 is 11.1 Å². The minimum Gasteiger partial charge on any atom is -0.348 e. The Hall–Kier alpha value is -1.47. The first-order valence-electron chi connectivity index (χ1n) is 7.13. The van der Waals surface area contributed by atoms with Gasteiger partial charge in [0.15, 0.2) is 9.84 Å². The molecule has 3 N–H and O–H groups in total. The van der Waals surface area contributed by atoms with Crippen LogP contribution in [0.2, 0.25) is 0 Å². The minimum absolute atomic E-state index is 0.0385. The maximum absolute atomic E-state index is 13.9. The molecule has 0 heterocycles. The van der Waals surface area contributed by atoms with Gasteiger partial charge in [-0.15, -0.1) is 0 Å². The van der Waals surface area contributed by atoms with Crippen LogP contribution in [-0.2, 0) is 14.6 Å². The first-order chi connectivity index (χ1) is 10.1. The number of carbonyl (C=O) groups excluding carboxylic acids is 1. The van der Waals surface area contributed by atoms with Crippen molar-refractivity contribution in [1.82, 2.24) is 5.32 Å². The van der Waals surface area contributed by atoms with Crippen LogP contribution in [0.5, 0.6) is 0 Å². The van der Waals surface area contributed by atoms with Crippen molar-refractivity contribution in [3.63, 3.8) is 0 Å². The van der Waals surface area contributed by atoms with E-state index in [0.717, 1.165) is 18.7 Å². The Balaban J connectivity index is 2.89. The number of benzene rings is 1. The van der Waals surface area contributed by atoms with E-state index in [4.69, 9.17) is 5.73 Å². The summed E-state index contributed by atoms with van der Waals surface area (Å²) >= 11 is 0. The van der Waals surface area contributed by atoms with Crippen molar-refractivity contribution in [3.8, 4) is 0 Å². The van der Waals surface area contributed by atoms with Crippen molar-refractivity contribution in [2.24, 2.45) is 11.7 Å². The average molecular weight is 330 g/mol. The maximum atomic E-state index is 13.9. The van der Waals surface area contributed by atoms with Gasteiger partial charge in [0.2, 0.25) is 5.91 Å². The molecule has 7 heteroatoms. The highest BCUT2D eigenvalue weighted by Crippen LogP contribution is 2.20. The van der Waals surface area contributed by atoms with Gasteiger partial charge in [-0.1, -0.05) is 26.3 Å². The molecule has 1 amide bonds. The van der Waals surface area contributed by atoms with Crippen LogP contribution in [0.4, 0.5) is 4.39 Å². The molecule has 1 aromatic carbocycles. The van der Waals surface area contributed by atoms with E-state index in [1.165, 1.54) is 12.1 Å². The summed E-state index contributed by atoms with van der Waals surface area (Å²) < 4.78 is 36.6. The fourth-order valence-electron chi connectivity index (χ4n) is 1.99. The highest BCUT2D eigenvalue weighted by Gasteiger charge is 2.22. The topological polar surface area (TPSA) is 89.3 Å². The van der Waals surface area contributed by atoms with Gasteiger partial charge in [-0.05, 0) is 30.5 Å². The average Bonchev–Trinajstić information content (AvgIpc) is 2.43. The van der Waals surface area contributed by atoms with Gasteiger partial charge >= 0.3 is 0 Å². The van der Waals surface area contributed by atoms with E-state index in [1.807, 2.05) is 13.8 Å². The molecule has 1 aromatic rings. The molecule has 22 heavy (non-hydrogen) atoms. The van der Waals surface area contributed by atoms with Gasteiger partial charge in [-0.3, -0.25) is 4.79 Å². The third-order valence-corrected chi connectivity index (χ3v) is 4.90. The standard InChI is InChI=1S/C15H23FN2O3S/c1-5-9(2)14(17)15(19)18-10(3)11-6-7-13(12(16)8-11)22(4,20)21/h6-10,14H,5,17H2,1-4H3,(H,18,19). The van der Waals surface area contributed by atoms with Crippen molar-refractivity contribution < 1.29 is 17.6 Å². The van der Waals surface area contributed by atoms with Gasteiger partial charge in [-0.2, -0.15) is 0 Å². The Morgan fingerprint density at radius 3 is 2.41 bits per heavy atom. The number of hydrogen-bond donors (Lipinski definition) is 2. The highest BCUT2D eigenvalue weighted by atomic mass is 32.2. The molecule has 1 rings (SSSR count). The lowest BCUT2D eigenvalue weighted by Gasteiger charge is -2.21. The molecule has 0 aliphatic rings. The van der Waals surface area contributed by atoms with Crippen LogP contribution >= 0.6 is 0 Å². The molecule has 124 valence electrons. The lowest BCUT2D eigenvalue weighted by Crippen LogP contribution is -2.45. The smallest absolute Gasteiger partial charge is 0.237 e. The van der Waals surface area contributed by atoms with Crippen LogP contribution < -0.4 is 11.1 Å². The molecule has 0 saturated carbocycles. The Kier molecular flexibility index (Phi) is 6.08. The molecule has 0 aromatic heterocycles. The lowest BCUT2D eigenvalue weighted by atomic mass is 9.98. The molecule has 3 atom stereocenters. The summed E-state index contributed by atoms with van der Waals surface area (Å²) in [6.07, 6.45) is 1.72. The first-order valence-corrected chi connectivity index (χ1v) is 9.02. The molecule has 0 saturated heterocycles. The zero-order chi connectivity index (χ0) is 17.1. The van der Waals surface area contributed by atoms with Crippen LogP contribution in [0.25, 0.3) is 0 Å². The number of nitrogens with two attached hydrogens (primary N) is 1. The third-order valence-electron chi connectivity index (χ3n) is 3.77. The molecular weight excluding hydrogens is 307 g/mol. The summed E-state index contributed by atoms with van der Waals surface area (Å²) in [5.41, 5.74) is 6.32. The van der Waals surface area contributed by atoms with Crippen LogP contribution in [-0.4, -0.2) is 26.6 Å². The molecule has 0 radical (unpaired) electrons. The van der Waals surface area contributed by atoms with E-state index in [2.05, 4.69) is 5.32 Å². The maximum Gasteiger partial charge on any atom is 0.237 e. The van der Waals surface area contributed by atoms with Gasteiger partial charge in [0, 0.05) is 6.26 Å². The second-order valence-corrected chi connectivity index (χ2v) is 7.59. The third kappa shape index (κ3) is 4.51. The van der Waals surface area contributed by atoms with E-state index in [1.54, 1.807) is 6.92 Å². The summed E-state index contributed by atoms with van der Waals surface area (Å²) in [5.74, 6) is -1.10. The van der Waals surface area contributed by atoms with E-state index < -0.39 is 27.7 Å². The minimum atomic E-state index is -3.61. The number of carbonyl (C=O) groups is 1. The summed E-state index contributed by atoms with van der Waals surface area (Å²) in [6.45, 7) is 5.52. The second kappa shape index (κ2) is 7.19. The second-order valence-electron chi connectivity index (χ2n) is 5.60. The molecule has 0 spiro atoms. The molecule has 0 bridgehead atoms. The van der Waals surface area contributed by atoms with Gasteiger partial charge in [0.25, 0.3) is 0 Å². The molecule has 0 aliphatic carbocycles. The van der Waals surface area contributed by atoms with E-state index in [9.17, 15) is 17.6 Å². The fourth-order valence-corrected chi connectivity index (χ4v) is 2.72. The Bertz CT molecular complexity index is 646. The quantitative estimate of drug-likeness (QED) is 0.832. The number of sulfone groups is 1. The van der Waals surface area contributed by atoms with E-state index in [-0.39, 0.29) is 16.7 Å². The van der Waals surface area contributed by atoms with Crippen LogP contribution in [0.1, 0.15) is 38.8 Å². The lowest BCUT2D eigenvalue weighted by molar-refractivity contribution is -0.124. The van der Waals surface area contributed by atoms with Crippen LogP contribution in [0.15, 0.2) is 23.1 Å². The van der Waals surface area contributed by atoms with Gasteiger partial charge in [0.1, 0.15) is 10.7 Å². The molecular formula is C15H23FN2O3S. The van der Waals surface area contributed by atoms with Gasteiger partial charge in [-0.25, -0.2) is 12.8 Å². The van der Waals surface area contributed by atoms with Crippen molar-refractivity contribution >= 4 is 15.7 Å². The van der Waals surface area contributed by atoms with E-state index >= 15 is 0 Å². The Morgan fingerprint density at radius 2 is 1.95 bits per heavy atom. The zero-order valence-corrected chi connectivity index (χ0v) is 14.1. The van der Waals surface area contributed by atoms with Crippen molar-refractivity contribution in [3.05, 3.63) is 29.6 Å². The fraction of sp³-hybridized carbons (Fsp3) is 0.533. The Labute approximate surface area is 131 Å². The molecule has 0 aliphatic heterocycles. The van der Waals surface area contributed by atoms with Crippen molar-refractivity contribution in [2.45, 2.75) is 44.2 Å². The van der Waals surface area contributed by atoms with E-state index in [0.29, 0.717) is 5.56 Å².